The zero-order valence-corrected chi connectivity index (χ0v) is 12.8. The summed E-state index contributed by atoms with van der Waals surface area (Å²) >= 11 is 1.43. The van der Waals surface area contributed by atoms with Gasteiger partial charge in [-0.15, -0.1) is 11.3 Å². The van der Waals surface area contributed by atoms with Crippen LogP contribution in [0.1, 0.15) is 42.6 Å². The van der Waals surface area contributed by atoms with Crippen molar-refractivity contribution < 1.29 is 4.79 Å². The molecule has 2 aromatic heterocycles. The van der Waals surface area contributed by atoms with Crippen molar-refractivity contribution in [2.75, 3.05) is 7.05 Å². The van der Waals surface area contributed by atoms with E-state index in [1.807, 2.05) is 17.3 Å². The molecular weight excluding hydrogens is 284 g/mol. The fourth-order valence-electron chi connectivity index (χ4n) is 2.71. The van der Waals surface area contributed by atoms with Gasteiger partial charge < -0.3 is 4.90 Å². The first-order valence-electron chi connectivity index (χ1n) is 7.25. The van der Waals surface area contributed by atoms with E-state index in [0.29, 0.717) is 17.4 Å². The molecule has 2 heterocycles. The second-order valence-corrected chi connectivity index (χ2v) is 6.19. The van der Waals surface area contributed by atoms with E-state index in [4.69, 9.17) is 0 Å². The predicted molar refractivity (Wildman–Crippen MR) is 82.1 cm³/mol. The van der Waals surface area contributed by atoms with Crippen LogP contribution in [0.25, 0.3) is 10.7 Å². The Morgan fingerprint density at radius 2 is 2.10 bits per heavy atom. The number of hydrogen-bond donors (Lipinski definition) is 0. The Morgan fingerprint density at radius 1 is 1.29 bits per heavy atom. The fourth-order valence-corrected chi connectivity index (χ4v) is 3.47. The number of hydrogen-bond acceptors (Lipinski definition) is 5. The van der Waals surface area contributed by atoms with Crippen LogP contribution >= 0.6 is 11.3 Å². The third-order valence-electron chi connectivity index (χ3n) is 3.95. The van der Waals surface area contributed by atoms with Gasteiger partial charge in [0.25, 0.3) is 5.91 Å². The number of aromatic nitrogens is 3. The zero-order valence-electron chi connectivity index (χ0n) is 12.0. The second kappa shape index (κ2) is 6.30. The van der Waals surface area contributed by atoms with Crippen molar-refractivity contribution in [1.82, 2.24) is 19.9 Å². The van der Waals surface area contributed by atoms with Crippen molar-refractivity contribution in [2.24, 2.45) is 0 Å². The topological polar surface area (TPSA) is 59.0 Å². The summed E-state index contributed by atoms with van der Waals surface area (Å²) in [7, 11) is 1.89. The Bertz CT molecular complexity index is 607. The number of thiazole rings is 1. The van der Waals surface area contributed by atoms with Crippen molar-refractivity contribution in [3.8, 4) is 10.7 Å². The molecule has 1 saturated carbocycles. The lowest BCUT2D eigenvalue weighted by Crippen LogP contribution is -2.38. The quantitative estimate of drug-likeness (QED) is 0.874. The Hall–Kier alpha value is -1.82. The van der Waals surface area contributed by atoms with Gasteiger partial charge in [0, 0.05) is 30.9 Å². The van der Waals surface area contributed by atoms with Crippen LogP contribution in [0.2, 0.25) is 0 Å². The Labute approximate surface area is 128 Å². The van der Waals surface area contributed by atoms with Gasteiger partial charge in [0.1, 0.15) is 16.4 Å². The van der Waals surface area contributed by atoms with Gasteiger partial charge in [0.05, 0.1) is 6.20 Å². The van der Waals surface area contributed by atoms with E-state index in [2.05, 4.69) is 15.0 Å². The summed E-state index contributed by atoms with van der Waals surface area (Å²) in [5.41, 5.74) is 1.22. The lowest BCUT2D eigenvalue weighted by molar-refractivity contribution is 0.0691. The second-order valence-electron chi connectivity index (χ2n) is 5.34. The fraction of sp³-hybridized carbons (Fsp3) is 0.467. The van der Waals surface area contributed by atoms with Crippen LogP contribution in [-0.4, -0.2) is 38.8 Å². The molecule has 0 unspecified atom stereocenters. The van der Waals surface area contributed by atoms with Crippen molar-refractivity contribution in [3.05, 3.63) is 29.7 Å². The van der Waals surface area contributed by atoms with Gasteiger partial charge >= 0.3 is 0 Å². The van der Waals surface area contributed by atoms with Crippen molar-refractivity contribution in [2.45, 2.75) is 38.1 Å². The van der Waals surface area contributed by atoms with Crippen LogP contribution < -0.4 is 0 Å². The molecule has 0 saturated heterocycles. The third-order valence-corrected chi connectivity index (χ3v) is 4.81. The van der Waals surface area contributed by atoms with Gasteiger partial charge in [-0.25, -0.2) is 4.98 Å². The summed E-state index contributed by atoms with van der Waals surface area (Å²) in [6.45, 7) is 0. The molecule has 5 nitrogen and oxygen atoms in total. The zero-order chi connectivity index (χ0) is 14.7. The van der Waals surface area contributed by atoms with Crippen molar-refractivity contribution >= 4 is 17.2 Å². The molecular formula is C15H18N4OS. The summed E-state index contributed by atoms with van der Waals surface area (Å²) in [4.78, 5) is 27.0. The highest BCUT2D eigenvalue weighted by Gasteiger charge is 2.24. The molecule has 0 radical (unpaired) electrons. The molecule has 1 fully saturated rings. The van der Waals surface area contributed by atoms with Crippen LogP contribution in [0, 0.1) is 0 Å². The Kier molecular flexibility index (Phi) is 4.24. The number of carbonyl (C=O) groups is 1. The Balaban J connectivity index is 1.74. The van der Waals surface area contributed by atoms with Crippen molar-refractivity contribution in [3.63, 3.8) is 0 Å². The van der Waals surface area contributed by atoms with Crippen LogP contribution in [-0.2, 0) is 0 Å². The minimum atomic E-state index is 0.00768. The summed E-state index contributed by atoms with van der Waals surface area (Å²) in [6, 6.07) is 0.355. The first-order chi connectivity index (χ1) is 10.3. The molecule has 0 atom stereocenters. The van der Waals surface area contributed by atoms with E-state index >= 15 is 0 Å². The Morgan fingerprint density at radius 3 is 2.81 bits per heavy atom. The molecule has 0 spiro atoms. The number of rotatable bonds is 3. The summed E-state index contributed by atoms with van der Waals surface area (Å²) in [6.07, 6.45) is 10.8. The molecule has 2 aromatic rings. The average Bonchev–Trinajstić information content (AvgIpc) is 3.05. The van der Waals surface area contributed by atoms with Gasteiger partial charge in [0.15, 0.2) is 0 Å². The smallest absolute Gasteiger partial charge is 0.273 e. The van der Waals surface area contributed by atoms with E-state index in [0.717, 1.165) is 17.8 Å². The van der Waals surface area contributed by atoms with Gasteiger partial charge in [-0.3, -0.25) is 14.8 Å². The van der Waals surface area contributed by atoms with Gasteiger partial charge in [0.2, 0.25) is 0 Å². The highest BCUT2D eigenvalue weighted by molar-refractivity contribution is 7.13. The van der Waals surface area contributed by atoms with Crippen LogP contribution in [0.3, 0.4) is 0 Å². The van der Waals surface area contributed by atoms with E-state index in [1.165, 1.54) is 30.6 Å². The molecule has 1 amide bonds. The average molecular weight is 302 g/mol. The maximum absolute atomic E-state index is 12.5. The monoisotopic (exact) mass is 302 g/mol. The van der Waals surface area contributed by atoms with Gasteiger partial charge in [-0.1, -0.05) is 19.3 Å². The standard InChI is InChI=1S/C15H18N4OS/c1-19(11-5-3-2-4-6-11)15(20)13-10-21-14(18-13)12-9-16-7-8-17-12/h7-11H,2-6H2,1H3. The molecule has 0 N–H and O–H groups in total. The molecule has 1 aliphatic rings. The van der Waals surface area contributed by atoms with Gasteiger partial charge in [-0.05, 0) is 12.8 Å². The minimum Gasteiger partial charge on any atom is -0.337 e. The molecule has 0 aromatic carbocycles. The summed E-state index contributed by atoms with van der Waals surface area (Å²) in [5.74, 6) is 0.00768. The van der Waals surface area contributed by atoms with E-state index in [9.17, 15) is 4.79 Å². The normalized spacial score (nSPS) is 15.9. The van der Waals surface area contributed by atoms with E-state index < -0.39 is 0 Å². The lowest BCUT2D eigenvalue weighted by Gasteiger charge is -2.30. The maximum atomic E-state index is 12.5. The first kappa shape index (κ1) is 14.1. The third kappa shape index (κ3) is 3.10. The number of carbonyl (C=O) groups excluding carboxylic acids is 1. The largest absolute Gasteiger partial charge is 0.337 e. The molecule has 3 rings (SSSR count). The predicted octanol–water partition coefficient (Wildman–Crippen LogP) is 3.00. The molecule has 110 valence electrons. The first-order valence-corrected chi connectivity index (χ1v) is 8.13. The molecule has 0 bridgehead atoms. The van der Waals surface area contributed by atoms with Crippen molar-refractivity contribution in [1.29, 1.82) is 0 Å². The van der Waals surface area contributed by atoms with Crippen LogP contribution in [0.4, 0.5) is 0 Å². The highest BCUT2D eigenvalue weighted by Crippen LogP contribution is 2.25. The molecule has 0 aliphatic heterocycles. The van der Waals surface area contributed by atoms with Crippen LogP contribution in [0.5, 0.6) is 0 Å². The molecule has 1 aliphatic carbocycles. The van der Waals surface area contributed by atoms with E-state index in [-0.39, 0.29) is 5.91 Å². The number of nitrogens with zero attached hydrogens (tertiary/aromatic N) is 4. The SMILES string of the molecule is CN(C(=O)c1csc(-c2cnccn2)n1)C1CCCCC1. The molecule has 6 heteroatoms. The summed E-state index contributed by atoms with van der Waals surface area (Å²) in [5, 5.41) is 2.55. The molecule has 21 heavy (non-hydrogen) atoms. The summed E-state index contributed by atoms with van der Waals surface area (Å²) < 4.78 is 0. The van der Waals surface area contributed by atoms with Crippen LogP contribution in [0.15, 0.2) is 24.0 Å². The highest BCUT2D eigenvalue weighted by atomic mass is 32.1. The minimum absolute atomic E-state index is 0.00768. The van der Waals surface area contributed by atoms with Gasteiger partial charge in [-0.2, -0.15) is 0 Å². The lowest BCUT2D eigenvalue weighted by atomic mass is 9.94. The van der Waals surface area contributed by atoms with E-state index in [1.54, 1.807) is 18.6 Å². The maximum Gasteiger partial charge on any atom is 0.273 e. The number of amides is 1.